The average molecular weight is 375 g/mol. The Bertz CT molecular complexity index is 523. The van der Waals surface area contributed by atoms with E-state index in [1.54, 1.807) is 0 Å². The number of carbonyl (C=O) groups excluding carboxylic acids is 2. The molecule has 1 aromatic rings. The van der Waals surface area contributed by atoms with Crippen LogP contribution >= 0.6 is 31.9 Å². The highest BCUT2D eigenvalue weighted by Gasteiger charge is 2.19. The molecule has 2 amide bonds. The van der Waals surface area contributed by atoms with Crippen LogP contribution in [0.1, 0.15) is 12.8 Å². The number of rotatable bonds is 2. The molecule has 0 radical (unpaired) electrons. The van der Waals surface area contributed by atoms with Gasteiger partial charge in [0.15, 0.2) is 0 Å². The first-order chi connectivity index (χ1) is 8.58. The number of nitrogens with zero attached hydrogens (tertiary/aromatic N) is 1. The Hall–Kier alpha value is -1.21. The fraction of sp³-hybridized carbons (Fsp3) is 0.182. The Balaban J connectivity index is 2.15. The fourth-order valence-corrected chi connectivity index (χ4v) is 2.64. The van der Waals surface area contributed by atoms with Gasteiger partial charge in [0.1, 0.15) is 5.71 Å². The van der Waals surface area contributed by atoms with Gasteiger partial charge in [0, 0.05) is 21.8 Å². The number of hydrogen-bond donors (Lipinski definition) is 2. The first-order valence-corrected chi connectivity index (χ1v) is 6.77. The highest BCUT2D eigenvalue weighted by molar-refractivity contribution is 9.11. The van der Waals surface area contributed by atoms with E-state index >= 15 is 0 Å². The smallest absolute Gasteiger partial charge is 0.271 e. The van der Waals surface area contributed by atoms with Gasteiger partial charge in [0.2, 0.25) is 5.91 Å². The van der Waals surface area contributed by atoms with Gasteiger partial charge in [-0.05, 0) is 44.0 Å². The summed E-state index contributed by atoms with van der Waals surface area (Å²) in [4.78, 5) is 22.9. The first-order valence-electron chi connectivity index (χ1n) is 5.18. The van der Waals surface area contributed by atoms with Crippen molar-refractivity contribution in [3.05, 3.63) is 27.1 Å². The maximum atomic E-state index is 11.9. The third kappa shape index (κ3) is 2.97. The molecule has 0 saturated heterocycles. The molecule has 0 aliphatic carbocycles. The molecule has 2 N–H and O–H groups in total. The van der Waals surface area contributed by atoms with E-state index in [-0.39, 0.29) is 18.2 Å². The van der Waals surface area contributed by atoms with Crippen LogP contribution in [0, 0.1) is 0 Å². The second-order valence-corrected chi connectivity index (χ2v) is 5.35. The van der Waals surface area contributed by atoms with Crippen molar-refractivity contribution in [3.8, 4) is 0 Å². The Morgan fingerprint density at radius 3 is 2.50 bits per heavy atom. The second-order valence-electron chi connectivity index (χ2n) is 3.64. The van der Waals surface area contributed by atoms with Gasteiger partial charge >= 0.3 is 0 Å². The minimum atomic E-state index is -0.317. The molecule has 0 saturated carbocycles. The van der Waals surface area contributed by atoms with Crippen molar-refractivity contribution in [1.82, 2.24) is 5.43 Å². The summed E-state index contributed by atoms with van der Waals surface area (Å²) in [5, 5.41) is 6.49. The number of nitrogens with one attached hydrogen (secondary N) is 2. The molecule has 1 aliphatic heterocycles. The van der Waals surface area contributed by atoms with Gasteiger partial charge in [-0.2, -0.15) is 5.10 Å². The van der Waals surface area contributed by atoms with Crippen LogP contribution in [0.25, 0.3) is 0 Å². The van der Waals surface area contributed by atoms with Crippen molar-refractivity contribution in [3.63, 3.8) is 0 Å². The Morgan fingerprint density at radius 1 is 1.28 bits per heavy atom. The molecule has 1 heterocycles. The van der Waals surface area contributed by atoms with Crippen LogP contribution in [-0.4, -0.2) is 17.5 Å². The molecule has 0 atom stereocenters. The van der Waals surface area contributed by atoms with E-state index in [1.807, 2.05) is 18.2 Å². The molecule has 0 unspecified atom stereocenters. The summed E-state index contributed by atoms with van der Waals surface area (Å²) < 4.78 is 1.54. The van der Waals surface area contributed by atoms with E-state index in [1.165, 1.54) is 0 Å². The lowest BCUT2D eigenvalue weighted by Gasteiger charge is -2.13. The summed E-state index contributed by atoms with van der Waals surface area (Å²) in [5.41, 5.74) is 3.25. The van der Waals surface area contributed by atoms with Crippen molar-refractivity contribution in [2.45, 2.75) is 12.8 Å². The topological polar surface area (TPSA) is 70.6 Å². The molecular formula is C11H9Br2N3O2. The van der Waals surface area contributed by atoms with Gasteiger partial charge in [-0.15, -0.1) is 0 Å². The fourth-order valence-electron chi connectivity index (χ4n) is 1.44. The van der Waals surface area contributed by atoms with Gasteiger partial charge in [-0.1, -0.05) is 6.07 Å². The van der Waals surface area contributed by atoms with E-state index in [2.05, 4.69) is 47.7 Å². The number of anilines is 1. The zero-order chi connectivity index (χ0) is 13.1. The molecule has 0 bridgehead atoms. The molecule has 0 spiro atoms. The van der Waals surface area contributed by atoms with E-state index in [4.69, 9.17) is 0 Å². The molecular weight excluding hydrogens is 366 g/mol. The van der Waals surface area contributed by atoms with E-state index in [0.29, 0.717) is 17.8 Å². The molecule has 94 valence electrons. The van der Waals surface area contributed by atoms with Gasteiger partial charge in [0.25, 0.3) is 5.91 Å². The molecule has 0 aromatic heterocycles. The number of hydrogen-bond acceptors (Lipinski definition) is 3. The van der Waals surface area contributed by atoms with Crippen molar-refractivity contribution in [1.29, 1.82) is 0 Å². The van der Waals surface area contributed by atoms with Crippen LogP contribution in [0.4, 0.5) is 5.69 Å². The Morgan fingerprint density at radius 2 is 1.94 bits per heavy atom. The van der Waals surface area contributed by atoms with Crippen molar-refractivity contribution in [2.75, 3.05) is 5.32 Å². The molecule has 0 fully saturated rings. The van der Waals surface area contributed by atoms with Gasteiger partial charge in [-0.3, -0.25) is 9.59 Å². The minimum absolute atomic E-state index is 0.173. The third-order valence-corrected chi connectivity index (χ3v) is 3.69. The minimum Gasteiger partial charge on any atom is -0.319 e. The lowest BCUT2D eigenvalue weighted by molar-refractivity contribution is -0.121. The van der Waals surface area contributed by atoms with Crippen LogP contribution in [0.15, 0.2) is 32.2 Å². The van der Waals surface area contributed by atoms with Crippen LogP contribution in [-0.2, 0) is 9.59 Å². The quantitative estimate of drug-likeness (QED) is 0.834. The summed E-state index contributed by atoms with van der Waals surface area (Å²) in [6, 6.07) is 5.50. The Kier molecular flexibility index (Phi) is 4.13. The summed E-state index contributed by atoms with van der Waals surface area (Å²) >= 11 is 6.71. The van der Waals surface area contributed by atoms with Crippen LogP contribution in [0.5, 0.6) is 0 Å². The maximum Gasteiger partial charge on any atom is 0.271 e. The highest BCUT2D eigenvalue weighted by Crippen LogP contribution is 2.30. The number of halogens is 2. The summed E-state index contributed by atoms with van der Waals surface area (Å²) in [6.07, 6.45) is 0.628. The zero-order valence-corrected chi connectivity index (χ0v) is 12.3. The summed E-state index contributed by atoms with van der Waals surface area (Å²) in [6.45, 7) is 0. The van der Waals surface area contributed by atoms with Crippen LogP contribution in [0.2, 0.25) is 0 Å². The van der Waals surface area contributed by atoms with Crippen LogP contribution in [0.3, 0.4) is 0 Å². The normalized spacial score (nSPS) is 14.8. The first kappa shape index (κ1) is 13.2. The van der Waals surface area contributed by atoms with Gasteiger partial charge < -0.3 is 5.32 Å². The number of hydrazone groups is 1. The third-order valence-electron chi connectivity index (χ3n) is 2.37. The second kappa shape index (κ2) is 5.62. The molecule has 2 rings (SSSR count). The highest BCUT2D eigenvalue weighted by atomic mass is 79.9. The lowest BCUT2D eigenvalue weighted by atomic mass is 10.1. The Labute approximate surface area is 120 Å². The lowest BCUT2D eigenvalue weighted by Crippen LogP contribution is -2.32. The zero-order valence-electron chi connectivity index (χ0n) is 9.17. The predicted octanol–water partition coefficient (Wildman–Crippen LogP) is 2.42. The number of carbonyl (C=O) groups is 2. The number of amides is 2. The molecule has 18 heavy (non-hydrogen) atoms. The summed E-state index contributed by atoms with van der Waals surface area (Å²) in [5.74, 6) is -0.490. The van der Waals surface area contributed by atoms with Gasteiger partial charge in [0.05, 0.1) is 5.69 Å². The molecule has 1 aliphatic rings. The summed E-state index contributed by atoms with van der Waals surface area (Å²) in [7, 11) is 0. The van der Waals surface area contributed by atoms with Crippen LogP contribution < -0.4 is 10.7 Å². The number of benzene rings is 1. The SMILES string of the molecule is O=C1CCC(C(=O)Nc2c(Br)cccc2Br)=NN1. The average Bonchev–Trinajstić information content (AvgIpc) is 2.34. The van der Waals surface area contributed by atoms with Gasteiger partial charge in [-0.25, -0.2) is 5.43 Å². The maximum absolute atomic E-state index is 11.9. The predicted molar refractivity (Wildman–Crippen MR) is 75.3 cm³/mol. The molecule has 5 nitrogen and oxygen atoms in total. The number of para-hydroxylation sites is 1. The van der Waals surface area contributed by atoms with Crippen molar-refractivity contribution >= 4 is 55.1 Å². The largest absolute Gasteiger partial charge is 0.319 e. The van der Waals surface area contributed by atoms with Crippen molar-refractivity contribution < 1.29 is 9.59 Å². The van der Waals surface area contributed by atoms with E-state index in [0.717, 1.165) is 8.95 Å². The van der Waals surface area contributed by atoms with Crippen molar-refractivity contribution in [2.24, 2.45) is 5.10 Å². The molecule has 1 aromatic carbocycles. The molecule has 7 heteroatoms. The van der Waals surface area contributed by atoms with E-state index in [9.17, 15) is 9.59 Å². The standard InChI is InChI=1S/C11H9Br2N3O2/c12-6-2-1-3-7(13)10(6)14-11(18)8-4-5-9(17)16-15-8/h1-3H,4-5H2,(H,14,18)(H,16,17). The monoisotopic (exact) mass is 373 g/mol. The van der Waals surface area contributed by atoms with E-state index < -0.39 is 0 Å².